The van der Waals surface area contributed by atoms with Crippen molar-refractivity contribution in [3.8, 4) is 11.1 Å². The fourth-order valence-corrected chi connectivity index (χ4v) is 6.54. The molecule has 1 atom stereocenters. The number of aryl methyl sites for hydroxylation is 4. The minimum Gasteiger partial charge on any atom is -0.381 e. The van der Waals surface area contributed by atoms with E-state index < -0.39 is 6.43 Å². The number of nitrogens with zero attached hydrogens (tertiary/aromatic N) is 5. The number of hydrogen-bond donors (Lipinski definition) is 0. The van der Waals surface area contributed by atoms with Gasteiger partial charge in [0.05, 0.1) is 17.2 Å². The standard InChI is InChI=1S/C30H35F2N5O2/c1-18-6-5-7-20-12-23(21-16-33-34(2)17-21)25(29(31)32)15-26(20)37(18)22-13-24(19-8-10-39-11-9-19)28-27(14-22)35(3)30(38)36(28)4/h12-19,29H,5-11H2,1-4H3. The smallest absolute Gasteiger partial charge is 0.328 e. The van der Waals surface area contributed by atoms with Crippen molar-refractivity contribution >= 4 is 22.4 Å². The maximum absolute atomic E-state index is 14.5. The van der Waals surface area contributed by atoms with Gasteiger partial charge in [0.15, 0.2) is 0 Å². The van der Waals surface area contributed by atoms with E-state index in [1.165, 1.54) is 0 Å². The van der Waals surface area contributed by atoms with Gasteiger partial charge in [0, 0.05) is 69.1 Å². The number of hydrogen-bond acceptors (Lipinski definition) is 4. The molecule has 0 bridgehead atoms. The van der Waals surface area contributed by atoms with Crippen LogP contribution in [0.25, 0.3) is 22.2 Å². The van der Waals surface area contributed by atoms with E-state index in [0.717, 1.165) is 65.6 Å². The average molecular weight is 536 g/mol. The van der Waals surface area contributed by atoms with E-state index in [2.05, 4.69) is 29.1 Å². The molecule has 206 valence electrons. The second-order valence-electron chi connectivity index (χ2n) is 11.1. The van der Waals surface area contributed by atoms with Crippen molar-refractivity contribution in [2.24, 2.45) is 21.1 Å². The normalized spacial score (nSPS) is 18.6. The second-order valence-corrected chi connectivity index (χ2v) is 11.1. The lowest BCUT2D eigenvalue weighted by Crippen LogP contribution is -2.28. The third-order valence-electron chi connectivity index (χ3n) is 8.58. The number of imidazole rings is 1. The van der Waals surface area contributed by atoms with Crippen molar-refractivity contribution in [2.75, 3.05) is 18.1 Å². The van der Waals surface area contributed by atoms with Gasteiger partial charge in [-0.15, -0.1) is 0 Å². The summed E-state index contributed by atoms with van der Waals surface area (Å²) in [6.45, 7) is 3.54. The van der Waals surface area contributed by atoms with Gasteiger partial charge >= 0.3 is 5.69 Å². The topological polar surface area (TPSA) is 57.2 Å². The Morgan fingerprint density at radius 2 is 1.79 bits per heavy atom. The fraction of sp³-hybridized carbons (Fsp3) is 0.467. The molecule has 7 nitrogen and oxygen atoms in total. The molecule has 2 aliphatic heterocycles. The lowest BCUT2D eigenvalue weighted by molar-refractivity contribution is 0.0855. The molecule has 0 spiro atoms. The van der Waals surface area contributed by atoms with Crippen molar-refractivity contribution in [3.63, 3.8) is 0 Å². The second kappa shape index (κ2) is 9.93. The summed E-state index contributed by atoms with van der Waals surface area (Å²) >= 11 is 0. The number of rotatable bonds is 4. The van der Waals surface area contributed by atoms with Crippen LogP contribution in [-0.2, 0) is 32.3 Å². The monoisotopic (exact) mass is 535 g/mol. The maximum Gasteiger partial charge on any atom is 0.328 e. The van der Waals surface area contributed by atoms with Crippen molar-refractivity contribution < 1.29 is 13.5 Å². The SMILES string of the molecule is CC1CCCc2cc(-c3cnn(C)c3)c(C(F)F)cc2N1c1cc(C2CCOCC2)c2c(c1)n(C)c(=O)n2C. The molecule has 2 aromatic carbocycles. The summed E-state index contributed by atoms with van der Waals surface area (Å²) < 4.78 is 39.8. The number of aromatic nitrogens is 4. The van der Waals surface area contributed by atoms with Crippen LogP contribution in [0.15, 0.2) is 41.5 Å². The van der Waals surface area contributed by atoms with Crippen LogP contribution >= 0.6 is 0 Å². The molecule has 0 saturated carbocycles. The molecule has 6 rings (SSSR count). The lowest BCUT2D eigenvalue weighted by Gasteiger charge is -2.33. The summed E-state index contributed by atoms with van der Waals surface area (Å²) in [5.41, 5.74) is 6.93. The number of fused-ring (bicyclic) bond motifs is 2. The molecule has 39 heavy (non-hydrogen) atoms. The summed E-state index contributed by atoms with van der Waals surface area (Å²) in [6.07, 6.45) is 5.29. The minimum atomic E-state index is -2.62. The lowest BCUT2D eigenvalue weighted by atomic mass is 9.89. The van der Waals surface area contributed by atoms with Crippen LogP contribution < -0.4 is 10.6 Å². The number of benzene rings is 2. The van der Waals surface area contributed by atoms with E-state index >= 15 is 0 Å². The highest BCUT2D eigenvalue weighted by Gasteiger charge is 2.30. The number of ether oxygens (including phenoxy) is 1. The molecule has 1 fully saturated rings. The highest BCUT2D eigenvalue weighted by atomic mass is 19.3. The Balaban J connectivity index is 1.58. The van der Waals surface area contributed by atoms with E-state index in [1.807, 2.05) is 13.1 Å². The van der Waals surface area contributed by atoms with Gasteiger partial charge in [0.2, 0.25) is 0 Å². The Hall–Kier alpha value is -3.46. The van der Waals surface area contributed by atoms with E-state index in [9.17, 15) is 13.6 Å². The molecular formula is C30H35F2N5O2. The van der Waals surface area contributed by atoms with Crippen molar-refractivity contribution in [1.82, 2.24) is 18.9 Å². The molecule has 9 heteroatoms. The number of alkyl halides is 2. The van der Waals surface area contributed by atoms with Crippen molar-refractivity contribution in [1.29, 1.82) is 0 Å². The molecule has 2 aromatic heterocycles. The van der Waals surface area contributed by atoms with Crippen LogP contribution in [0, 0.1) is 0 Å². The first-order chi connectivity index (χ1) is 18.7. The van der Waals surface area contributed by atoms with Gasteiger partial charge in [-0.1, -0.05) is 0 Å². The van der Waals surface area contributed by atoms with Crippen LogP contribution in [0.1, 0.15) is 61.6 Å². The van der Waals surface area contributed by atoms with Gasteiger partial charge in [-0.25, -0.2) is 13.6 Å². The van der Waals surface area contributed by atoms with Crippen LogP contribution in [0.4, 0.5) is 20.2 Å². The van der Waals surface area contributed by atoms with Gasteiger partial charge in [-0.2, -0.15) is 5.10 Å². The molecule has 4 heterocycles. The van der Waals surface area contributed by atoms with Crippen molar-refractivity contribution in [3.05, 3.63) is 63.8 Å². The largest absolute Gasteiger partial charge is 0.381 e. The molecule has 0 aliphatic carbocycles. The third kappa shape index (κ3) is 4.36. The summed E-state index contributed by atoms with van der Waals surface area (Å²) in [6, 6.07) is 7.98. The molecule has 0 radical (unpaired) electrons. The van der Waals surface area contributed by atoms with E-state index in [-0.39, 0.29) is 23.2 Å². The Labute approximate surface area is 226 Å². The Morgan fingerprint density at radius 1 is 1.03 bits per heavy atom. The van der Waals surface area contributed by atoms with Crippen LogP contribution in [0.3, 0.4) is 0 Å². The first-order valence-corrected chi connectivity index (χ1v) is 13.7. The highest BCUT2D eigenvalue weighted by Crippen LogP contribution is 2.44. The zero-order valence-electron chi connectivity index (χ0n) is 23.0. The summed E-state index contributed by atoms with van der Waals surface area (Å²) in [4.78, 5) is 15.2. The molecular weight excluding hydrogens is 500 g/mol. The number of anilines is 2. The highest BCUT2D eigenvalue weighted by molar-refractivity contribution is 5.87. The Kier molecular flexibility index (Phi) is 6.57. The van der Waals surface area contributed by atoms with Gasteiger partial charge < -0.3 is 9.64 Å². The van der Waals surface area contributed by atoms with Crippen LogP contribution in [-0.4, -0.2) is 38.2 Å². The van der Waals surface area contributed by atoms with E-state index in [0.29, 0.717) is 24.3 Å². The molecule has 1 saturated heterocycles. The first-order valence-electron chi connectivity index (χ1n) is 13.7. The maximum atomic E-state index is 14.5. The molecule has 0 N–H and O–H groups in total. The zero-order chi connectivity index (χ0) is 27.4. The molecule has 1 unspecified atom stereocenters. The summed E-state index contributed by atoms with van der Waals surface area (Å²) in [5, 5.41) is 4.22. The van der Waals surface area contributed by atoms with E-state index in [1.54, 1.807) is 46.4 Å². The van der Waals surface area contributed by atoms with Gasteiger partial charge in [-0.05, 0) is 85.9 Å². The minimum absolute atomic E-state index is 0.0127. The van der Waals surface area contributed by atoms with Gasteiger partial charge in [0.1, 0.15) is 0 Å². The van der Waals surface area contributed by atoms with Crippen LogP contribution in [0.2, 0.25) is 0 Å². The fourth-order valence-electron chi connectivity index (χ4n) is 6.54. The van der Waals surface area contributed by atoms with Gasteiger partial charge in [0.25, 0.3) is 6.43 Å². The van der Waals surface area contributed by atoms with Crippen LogP contribution in [0.5, 0.6) is 0 Å². The van der Waals surface area contributed by atoms with E-state index in [4.69, 9.17) is 4.74 Å². The summed E-state index contributed by atoms with van der Waals surface area (Å²) in [7, 11) is 5.42. The van der Waals surface area contributed by atoms with Crippen molar-refractivity contribution in [2.45, 2.75) is 57.4 Å². The molecule has 0 amide bonds. The zero-order valence-corrected chi connectivity index (χ0v) is 23.0. The predicted molar refractivity (Wildman–Crippen MR) is 149 cm³/mol. The predicted octanol–water partition coefficient (Wildman–Crippen LogP) is 5.97. The first kappa shape index (κ1) is 25.8. The average Bonchev–Trinajstić information content (AvgIpc) is 3.40. The van der Waals surface area contributed by atoms with Gasteiger partial charge in [-0.3, -0.25) is 13.8 Å². The quantitative estimate of drug-likeness (QED) is 0.323. The summed E-state index contributed by atoms with van der Waals surface area (Å²) in [5.74, 6) is 0.264. The number of halogens is 2. The molecule has 4 aromatic rings. The Morgan fingerprint density at radius 3 is 2.49 bits per heavy atom. The Bertz CT molecular complexity index is 1600. The molecule has 2 aliphatic rings. The third-order valence-corrected chi connectivity index (χ3v) is 8.58.